The zero-order valence-electron chi connectivity index (χ0n) is 21.8. The van der Waals surface area contributed by atoms with E-state index in [1.165, 1.54) is 12.3 Å². The monoisotopic (exact) mass is 538 g/mol. The third kappa shape index (κ3) is 7.91. The smallest absolute Gasteiger partial charge is 0.224 e. The number of aromatic nitrogens is 2. The Morgan fingerprint density at radius 1 is 1.19 bits per heavy atom. The van der Waals surface area contributed by atoms with Crippen LogP contribution in [0.4, 0.5) is 8.78 Å². The van der Waals surface area contributed by atoms with Crippen molar-refractivity contribution in [3.63, 3.8) is 0 Å². The van der Waals surface area contributed by atoms with E-state index in [0.29, 0.717) is 18.1 Å². The van der Waals surface area contributed by atoms with Crippen molar-refractivity contribution >= 4 is 21.7 Å². The minimum absolute atomic E-state index is 0.0385. The van der Waals surface area contributed by atoms with Crippen molar-refractivity contribution in [2.45, 2.75) is 77.8 Å². The van der Waals surface area contributed by atoms with E-state index >= 15 is 0 Å². The molecule has 0 unspecified atom stereocenters. The summed E-state index contributed by atoms with van der Waals surface area (Å²) in [7, 11) is -3.79. The van der Waals surface area contributed by atoms with Crippen LogP contribution in [0, 0.1) is 17.6 Å². The molecule has 1 aromatic heterocycles. The molecule has 1 aliphatic heterocycles. The minimum Gasteiger partial charge on any atom is -0.342 e. The zero-order chi connectivity index (χ0) is 27.3. The first-order valence-corrected chi connectivity index (χ1v) is 14.3. The highest BCUT2D eigenvalue weighted by Gasteiger charge is 2.32. The quantitative estimate of drug-likeness (QED) is 0.446. The van der Waals surface area contributed by atoms with Crippen LogP contribution in [-0.2, 0) is 19.6 Å². The second-order valence-electron chi connectivity index (χ2n) is 10.4. The number of hydrogen-bond donors (Lipinski definition) is 2. The maximum atomic E-state index is 14.2. The molecular weight excluding hydrogens is 502 g/mol. The standard InChI is InChI=1S/C26H36F2N4O4S/c1-16(2)15-37(35,36)31-22(13-25(34)32-10-6-5-7-18(32)4)24(33)11-17(3)26-29-14-23(30-26)20-9-8-19(27)12-21(20)28/h8-9,12,14,16-18,22,31H,5-7,10-11,13,15H2,1-4H3,(H,29,30)/t17-,18+,22+/m1/s1. The average molecular weight is 539 g/mol. The van der Waals surface area contributed by atoms with Crippen LogP contribution in [0.5, 0.6) is 0 Å². The predicted molar refractivity (Wildman–Crippen MR) is 137 cm³/mol. The normalized spacial score (nSPS) is 18.1. The van der Waals surface area contributed by atoms with E-state index in [-0.39, 0.29) is 42.0 Å². The number of carbonyl (C=O) groups is 2. The van der Waals surface area contributed by atoms with Crippen molar-refractivity contribution in [3.05, 3.63) is 41.9 Å². The Morgan fingerprint density at radius 2 is 1.92 bits per heavy atom. The summed E-state index contributed by atoms with van der Waals surface area (Å²) in [5.41, 5.74) is 0.467. The molecule has 0 bridgehead atoms. The molecular formula is C26H36F2N4O4S. The highest BCUT2D eigenvalue weighted by molar-refractivity contribution is 7.89. The fourth-order valence-corrected chi connectivity index (χ4v) is 6.28. The zero-order valence-corrected chi connectivity index (χ0v) is 22.6. The number of Topliss-reactive ketones (excluding diaryl/α,β-unsaturated/α-hetero) is 1. The lowest BCUT2D eigenvalue weighted by Crippen LogP contribution is -2.49. The molecule has 2 heterocycles. The second-order valence-corrected chi connectivity index (χ2v) is 12.2. The summed E-state index contributed by atoms with van der Waals surface area (Å²) in [4.78, 5) is 35.3. The van der Waals surface area contributed by atoms with Crippen LogP contribution in [0.2, 0.25) is 0 Å². The third-order valence-electron chi connectivity index (χ3n) is 6.56. The van der Waals surface area contributed by atoms with Crippen LogP contribution in [0.3, 0.4) is 0 Å². The molecule has 1 aliphatic rings. The first kappa shape index (κ1) is 28.9. The molecule has 3 atom stereocenters. The fraction of sp³-hybridized carbons (Fsp3) is 0.577. The Hall–Kier alpha value is -2.66. The number of halogens is 2. The molecule has 11 heteroatoms. The number of aromatic amines is 1. The fourth-order valence-electron chi connectivity index (χ4n) is 4.66. The van der Waals surface area contributed by atoms with Gasteiger partial charge in [0, 0.05) is 36.6 Å². The predicted octanol–water partition coefficient (Wildman–Crippen LogP) is 4.15. The molecule has 2 N–H and O–H groups in total. The van der Waals surface area contributed by atoms with Crippen LogP contribution in [0.25, 0.3) is 11.3 Å². The van der Waals surface area contributed by atoms with Gasteiger partial charge in [0.15, 0.2) is 5.78 Å². The van der Waals surface area contributed by atoms with Gasteiger partial charge in [-0.1, -0.05) is 20.8 Å². The number of benzene rings is 1. The van der Waals surface area contributed by atoms with E-state index in [4.69, 9.17) is 0 Å². The molecule has 0 spiro atoms. The highest BCUT2D eigenvalue weighted by Crippen LogP contribution is 2.26. The van der Waals surface area contributed by atoms with Gasteiger partial charge in [-0.25, -0.2) is 26.9 Å². The number of nitrogens with one attached hydrogen (secondary N) is 2. The van der Waals surface area contributed by atoms with Crippen molar-refractivity contribution < 1.29 is 26.8 Å². The number of carbonyl (C=O) groups excluding carboxylic acids is 2. The van der Waals surface area contributed by atoms with Crippen molar-refractivity contribution in [1.29, 1.82) is 0 Å². The first-order chi connectivity index (χ1) is 17.4. The van der Waals surface area contributed by atoms with E-state index in [1.54, 1.807) is 25.7 Å². The first-order valence-electron chi connectivity index (χ1n) is 12.7. The minimum atomic E-state index is -3.79. The van der Waals surface area contributed by atoms with Gasteiger partial charge in [-0.15, -0.1) is 0 Å². The number of likely N-dealkylation sites (tertiary alicyclic amines) is 1. The molecule has 1 saturated heterocycles. The van der Waals surface area contributed by atoms with Gasteiger partial charge in [0.1, 0.15) is 17.5 Å². The van der Waals surface area contributed by atoms with Gasteiger partial charge >= 0.3 is 0 Å². The number of imidazole rings is 1. The number of ketones is 1. The van der Waals surface area contributed by atoms with E-state index in [2.05, 4.69) is 14.7 Å². The van der Waals surface area contributed by atoms with Gasteiger partial charge in [0.2, 0.25) is 15.9 Å². The van der Waals surface area contributed by atoms with Crippen LogP contribution < -0.4 is 4.72 Å². The maximum absolute atomic E-state index is 14.2. The lowest BCUT2D eigenvalue weighted by Gasteiger charge is -2.34. The Bertz CT molecular complexity index is 1210. The lowest BCUT2D eigenvalue weighted by atomic mass is 9.97. The molecule has 37 heavy (non-hydrogen) atoms. The van der Waals surface area contributed by atoms with Crippen molar-refractivity contribution in [2.75, 3.05) is 12.3 Å². The molecule has 204 valence electrons. The number of H-pyrrole nitrogens is 1. The van der Waals surface area contributed by atoms with Crippen molar-refractivity contribution in [1.82, 2.24) is 19.6 Å². The average Bonchev–Trinajstić information content (AvgIpc) is 3.28. The summed E-state index contributed by atoms with van der Waals surface area (Å²) in [5.74, 6) is -2.51. The number of nitrogens with zero attached hydrogens (tertiary/aromatic N) is 2. The summed E-state index contributed by atoms with van der Waals surface area (Å²) >= 11 is 0. The molecule has 3 rings (SSSR count). The van der Waals surface area contributed by atoms with E-state index in [0.717, 1.165) is 31.4 Å². The Kier molecular flexibility index (Phi) is 9.57. The molecule has 1 fully saturated rings. The van der Waals surface area contributed by atoms with E-state index in [9.17, 15) is 26.8 Å². The molecule has 2 aromatic rings. The second kappa shape index (κ2) is 12.3. The maximum Gasteiger partial charge on any atom is 0.224 e. The summed E-state index contributed by atoms with van der Waals surface area (Å²) in [6.07, 6.45) is 3.83. The SMILES string of the molecule is CC(C)CS(=O)(=O)N[C@@H](CC(=O)N1CCCC[C@@H]1C)C(=O)C[C@@H](C)c1ncc(-c2ccc(F)cc2F)[nH]1. The molecule has 1 amide bonds. The molecule has 0 aliphatic carbocycles. The van der Waals surface area contributed by atoms with Crippen LogP contribution in [-0.4, -0.2) is 59.4 Å². The summed E-state index contributed by atoms with van der Waals surface area (Å²) in [5, 5.41) is 0. The Labute approximate surface area is 217 Å². The third-order valence-corrected chi connectivity index (χ3v) is 8.31. The molecule has 8 nitrogen and oxygen atoms in total. The van der Waals surface area contributed by atoms with Crippen LogP contribution in [0.15, 0.2) is 24.4 Å². The molecule has 0 radical (unpaired) electrons. The van der Waals surface area contributed by atoms with Crippen molar-refractivity contribution in [2.24, 2.45) is 5.92 Å². The number of amides is 1. The van der Waals surface area contributed by atoms with Crippen molar-refractivity contribution in [3.8, 4) is 11.3 Å². The van der Waals surface area contributed by atoms with Gasteiger partial charge in [-0.05, 0) is 44.2 Å². The van der Waals surface area contributed by atoms with Gasteiger partial charge in [0.25, 0.3) is 0 Å². The lowest BCUT2D eigenvalue weighted by molar-refractivity contribution is -0.137. The summed E-state index contributed by atoms with van der Waals surface area (Å²) in [6.45, 7) is 7.80. The number of hydrogen-bond acceptors (Lipinski definition) is 5. The summed E-state index contributed by atoms with van der Waals surface area (Å²) in [6, 6.07) is 2.05. The van der Waals surface area contributed by atoms with Gasteiger partial charge in [-0.2, -0.15) is 0 Å². The topological polar surface area (TPSA) is 112 Å². The van der Waals surface area contributed by atoms with E-state index < -0.39 is 39.4 Å². The Morgan fingerprint density at radius 3 is 2.57 bits per heavy atom. The van der Waals surface area contributed by atoms with Crippen LogP contribution in [0.1, 0.15) is 71.5 Å². The van der Waals surface area contributed by atoms with Gasteiger partial charge in [0.05, 0.1) is 30.1 Å². The van der Waals surface area contributed by atoms with Gasteiger partial charge in [-0.3, -0.25) is 9.59 Å². The van der Waals surface area contributed by atoms with Gasteiger partial charge < -0.3 is 9.88 Å². The Balaban J connectivity index is 1.76. The molecule has 0 saturated carbocycles. The molecule has 1 aromatic carbocycles. The largest absolute Gasteiger partial charge is 0.342 e. The van der Waals surface area contributed by atoms with E-state index in [1.807, 2.05) is 6.92 Å². The highest BCUT2D eigenvalue weighted by atomic mass is 32.2. The number of piperidine rings is 1. The number of sulfonamides is 1. The number of rotatable bonds is 11. The summed E-state index contributed by atoms with van der Waals surface area (Å²) < 4.78 is 55.3. The van der Waals surface area contributed by atoms with Crippen LogP contribution >= 0.6 is 0 Å².